The summed E-state index contributed by atoms with van der Waals surface area (Å²) in [7, 11) is 0. The van der Waals surface area contributed by atoms with E-state index < -0.39 is 0 Å². The largest absolute Gasteiger partial charge is 0.308 e. The van der Waals surface area contributed by atoms with Crippen LogP contribution < -0.4 is 11.3 Å². The molecular weight excluding hydrogens is 287 g/mol. The minimum absolute atomic E-state index is 0.412. The lowest BCUT2D eigenvalue weighted by molar-refractivity contribution is 0.895. The molecule has 6 nitrogen and oxygen atoms in total. The van der Waals surface area contributed by atoms with E-state index in [1.54, 1.807) is 29.1 Å². The standard InChI is InChI=1S/C11H8Cl2N6/c12-7-2-1-3-8(9(7)13)19-11-6(4-17-19)10(18-14)15-5-16-11/h1-5H,14H2,(H,15,16,18). The van der Waals surface area contributed by atoms with Crippen molar-refractivity contribution in [2.75, 3.05) is 5.43 Å². The van der Waals surface area contributed by atoms with Crippen LogP contribution in [0.1, 0.15) is 0 Å². The van der Waals surface area contributed by atoms with Crippen LogP contribution in [-0.4, -0.2) is 19.7 Å². The van der Waals surface area contributed by atoms with Gasteiger partial charge in [-0.2, -0.15) is 5.10 Å². The van der Waals surface area contributed by atoms with E-state index in [2.05, 4.69) is 20.5 Å². The van der Waals surface area contributed by atoms with Crippen LogP contribution in [0.5, 0.6) is 0 Å². The molecule has 2 aromatic heterocycles. The molecule has 0 saturated heterocycles. The van der Waals surface area contributed by atoms with Crippen LogP contribution in [0, 0.1) is 0 Å². The first-order valence-electron chi connectivity index (χ1n) is 5.32. The van der Waals surface area contributed by atoms with Crippen molar-refractivity contribution in [3.8, 4) is 5.69 Å². The molecule has 0 aliphatic carbocycles. The van der Waals surface area contributed by atoms with Crippen LogP contribution in [-0.2, 0) is 0 Å². The molecule has 0 aliphatic heterocycles. The zero-order chi connectivity index (χ0) is 13.4. The van der Waals surface area contributed by atoms with E-state index in [9.17, 15) is 0 Å². The molecule has 0 fully saturated rings. The second-order valence-corrected chi connectivity index (χ2v) is 4.52. The summed E-state index contributed by atoms with van der Waals surface area (Å²) < 4.78 is 1.59. The number of rotatable bonds is 2. The van der Waals surface area contributed by atoms with Crippen molar-refractivity contribution in [2.24, 2.45) is 5.84 Å². The third kappa shape index (κ3) is 1.90. The van der Waals surface area contributed by atoms with Gasteiger partial charge in [-0.15, -0.1) is 0 Å². The molecule has 0 unspecified atom stereocenters. The number of benzene rings is 1. The minimum Gasteiger partial charge on any atom is -0.308 e. The van der Waals surface area contributed by atoms with E-state index in [1.807, 2.05) is 0 Å². The summed E-state index contributed by atoms with van der Waals surface area (Å²) >= 11 is 12.2. The van der Waals surface area contributed by atoms with Crippen LogP contribution in [0.3, 0.4) is 0 Å². The highest BCUT2D eigenvalue weighted by atomic mass is 35.5. The molecule has 0 amide bonds. The first-order chi connectivity index (χ1) is 9.22. The molecule has 96 valence electrons. The Bertz CT molecular complexity index is 754. The number of aromatic nitrogens is 4. The summed E-state index contributed by atoms with van der Waals surface area (Å²) in [6, 6.07) is 5.31. The number of halogens is 2. The highest BCUT2D eigenvalue weighted by molar-refractivity contribution is 6.43. The van der Waals surface area contributed by atoms with E-state index in [0.717, 1.165) is 0 Å². The van der Waals surface area contributed by atoms with Crippen LogP contribution >= 0.6 is 23.2 Å². The quantitative estimate of drug-likeness (QED) is 0.560. The number of nitrogens with one attached hydrogen (secondary N) is 1. The monoisotopic (exact) mass is 294 g/mol. The Labute approximate surface area is 118 Å². The highest BCUT2D eigenvalue weighted by Crippen LogP contribution is 2.30. The smallest absolute Gasteiger partial charge is 0.168 e. The summed E-state index contributed by atoms with van der Waals surface area (Å²) in [5.41, 5.74) is 3.73. The van der Waals surface area contributed by atoms with Crippen molar-refractivity contribution < 1.29 is 0 Å². The van der Waals surface area contributed by atoms with Gasteiger partial charge in [0.1, 0.15) is 6.33 Å². The maximum Gasteiger partial charge on any atom is 0.168 e. The zero-order valence-corrected chi connectivity index (χ0v) is 11.0. The Morgan fingerprint density at radius 3 is 2.84 bits per heavy atom. The van der Waals surface area contributed by atoms with E-state index >= 15 is 0 Å². The SMILES string of the molecule is NNc1ncnc2c1cnn2-c1cccc(Cl)c1Cl. The molecule has 0 radical (unpaired) electrons. The highest BCUT2D eigenvalue weighted by Gasteiger charge is 2.13. The Kier molecular flexibility index (Phi) is 2.98. The number of nitrogens with two attached hydrogens (primary N) is 1. The lowest BCUT2D eigenvalue weighted by atomic mass is 10.3. The molecule has 0 bridgehead atoms. The van der Waals surface area contributed by atoms with Gasteiger partial charge in [-0.05, 0) is 12.1 Å². The van der Waals surface area contributed by atoms with Gasteiger partial charge >= 0.3 is 0 Å². The molecule has 0 aliphatic rings. The normalized spacial score (nSPS) is 10.9. The van der Waals surface area contributed by atoms with Crippen LogP contribution in [0.15, 0.2) is 30.7 Å². The average Bonchev–Trinajstić information content (AvgIpc) is 2.85. The van der Waals surface area contributed by atoms with Gasteiger partial charge in [0, 0.05) is 0 Å². The average molecular weight is 295 g/mol. The van der Waals surface area contributed by atoms with Crippen molar-refractivity contribution in [3.63, 3.8) is 0 Å². The van der Waals surface area contributed by atoms with Crippen molar-refractivity contribution in [1.82, 2.24) is 19.7 Å². The summed E-state index contributed by atoms with van der Waals surface area (Å²) in [6.07, 6.45) is 3.01. The summed E-state index contributed by atoms with van der Waals surface area (Å²) in [5.74, 6) is 5.89. The zero-order valence-electron chi connectivity index (χ0n) is 9.51. The van der Waals surface area contributed by atoms with Gasteiger partial charge in [-0.1, -0.05) is 29.3 Å². The maximum absolute atomic E-state index is 6.18. The van der Waals surface area contributed by atoms with E-state index in [0.29, 0.717) is 32.6 Å². The maximum atomic E-state index is 6.18. The molecule has 1 aromatic carbocycles. The first kappa shape index (κ1) is 12.2. The van der Waals surface area contributed by atoms with Gasteiger partial charge in [0.2, 0.25) is 0 Å². The molecule has 3 N–H and O–H groups in total. The van der Waals surface area contributed by atoms with Gasteiger partial charge in [0.15, 0.2) is 11.5 Å². The molecule has 0 atom stereocenters. The van der Waals surface area contributed by atoms with Crippen LogP contribution in [0.2, 0.25) is 10.0 Å². The molecule has 3 aromatic rings. The predicted octanol–water partition coefficient (Wildman–Crippen LogP) is 2.41. The molecule has 2 heterocycles. The van der Waals surface area contributed by atoms with Crippen LogP contribution in [0.25, 0.3) is 16.7 Å². The van der Waals surface area contributed by atoms with E-state index in [1.165, 1.54) is 6.33 Å². The van der Waals surface area contributed by atoms with Crippen molar-refractivity contribution in [2.45, 2.75) is 0 Å². The van der Waals surface area contributed by atoms with Crippen LogP contribution in [0.4, 0.5) is 5.82 Å². The topological polar surface area (TPSA) is 81.7 Å². The van der Waals surface area contributed by atoms with Crippen molar-refractivity contribution in [1.29, 1.82) is 0 Å². The Morgan fingerprint density at radius 2 is 2.05 bits per heavy atom. The van der Waals surface area contributed by atoms with Gasteiger partial charge in [-0.3, -0.25) is 0 Å². The second kappa shape index (κ2) is 4.65. The Hall–Kier alpha value is -1.89. The molecule has 8 heteroatoms. The van der Waals surface area contributed by atoms with E-state index in [4.69, 9.17) is 29.0 Å². The summed E-state index contributed by atoms with van der Waals surface area (Å²) in [5, 5.41) is 5.81. The number of nitrogens with zero attached hydrogens (tertiary/aromatic N) is 4. The number of anilines is 1. The molecule has 3 rings (SSSR count). The van der Waals surface area contributed by atoms with E-state index in [-0.39, 0.29) is 0 Å². The number of hydrogen-bond donors (Lipinski definition) is 2. The molecule has 19 heavy (non-hydrogen) atoms. The number of fused-ring (bicyclic) bond motifs is 1. The first-order valence-corrected chi connectivity index (χ1v) is 6.07. The number of hydrogen-bond acceptors (Lipinski definition) is 5. The summed E-state index contributed by atoms with van der Waals surface area (Å²) in [6.45, 7) is 0. The third-order valence-electron chi connectivity index (χ3n) is 2.66. The van der Waals surface area contributed by atoms with Gasteiger partial charge in [0.25, 0.3) is 0 Å². The Balaban J connectivity index is 2.29. The molecule has 0 saturated carbocycles. The fourth-order valence-corrected chi connectivity index (χ4v) is 2.17. The molecular formula is C11H8Cl2N6. The lowest BCUT2D eigenvalue weighted by Crippen LogP contribution is -2.09. The second-order valence-electron chi connectivity index (χ2n) is 3.73. The number of hydrazine groups is 1. The number of nitrogen functional groups attached to an aromatic ring is 1. The summed E-state index contributed by atoms with van der Waals surface area (Å²) in [4.78, 5) is 8.20. The van der Waals surface area contributed by atoms with Gasteiger partial charge in [-0.25, -0.2) is 20.5 Å². The van der Waals surface area contributed by atoms with Gasteiger partial charge in [0.05, 0.1) is 27.3 Å². The molecule has 0 spiro atoms. The van der Waals surface area contributed by atoms with Crippen molar-refractivity contribution in [3.05, 3.63) is 40.8 Å². The fourth-order valence-electron chi connectivity index (χ4n) is 1.79. The minimum atomic E-state index is 0.412. The Morgan fingerprint density at radius 1 is 1.21 bits per heavy atom. The third-order valence-corrected chi connectivity index (χ3v) is 3.47. The van der Waals surface area contributed by atoms with Gasteiger partial charge < -0.3 is 5.43 Å². The fraction of sp³-hybridized carbons (Fsp3) is 0. The lowest BCUT2D eigenvalue weighted by Gasteiger charge is -2.06. The predicted molar refractivity (Wildman–Crippen MR) is 74.5 cm³/mol. The van der Waals surface area contributed by atoms with Crippen molar-refractivity contribution >= 4 is 40.1 Å².